The number of hydrogen-bond donors (Lipinski definition) is 1. The predicted molar refractivity (Wildman–Crippen MR) is 72.4 cm³/mol. The number of piperazine rings is 1. The van der Waals surface area contributed by atoms with E-state index in [-0.39, 0.29) is 0 Å². The number of hydrogen-bond acceptors (Lipinski definition) is 4. The maximum absolute atomic E-state index is 12.6. The Balaban J connectivity index is 2.37. The number of nitrogens with one attached hydrogen (secondary N) is 1. The highest BCUT2D eigenvalue weighted by Gasteiger charge is 2.32. The minimum Gasteiger partial charge on any atom is -0.313 e. The third kappa shape index (κ3) is 2.43. The van der Waals surface area contributed by atoms with Crippen molar-refractivity contribution in [2.75, 3.05) is 26.7 Å². The molecular formula is C13H20N2O2S. The van der Waals surface area contributed by atoms with E-state index < -0.39 is 15.2 Å². The maximum atomic E-state index is 12.6. The zero-order valence-electron chi connectivity index (χ0n) is 11.1. The van der Waals surface area contributed by atoms with E-state index in [1.807, 2.05) is 31.9 Å². The molecule has 0 bridgehead atoms. The predicted octanol–water partition coefficient (Wildman–Crippen LogP) is 0.938. The van der Waals surface area contributed by atoms with Gasteiger partial charge in [-0.25, -0.2) is 8.42 Å². The van der Waals surface area contributed by atoms with Crippen LogP contribution in [0.25, 0.3) is 0 Å². The van der Waals surface area contributed by atoms with E-state index in [1.54, 1.807) is 12.1 Å². The van der Waals surface area contributed by atoms with Crippen molar-refractivity contribution in [1.82, 2.24) is 10.2 Å². The lowest BCUT2D eigenvalue weighted by atomic mass is 10.1. The number of benzene rings is 1. The first kappa shape index (κ1) is 13.5. The quantitative estimate of drug-likeness (QED) is 0.867. The van der Waals surface area contributed by atoms with Crippen molar-refractivity contribution < 1.29 is 8.42 Å². The molecule has 1 aliphatic rings. The molecule has 1 unspecified atom stereocenters. The summed E-state index contributed by atoms with van der Waals surface area (Å²) < 4.78 is 25.2. The lowest BCUT2D eigenvalue weighted by molar-refractivity contribution is 0.255. The Kier molecular flexibility index (Phi) is 3.75. The molecule has 0 radical (unpaired) electrons. The van der Waals surface area contributed by atoms with E-state index in [0.717, 1.165) is 24.2 Å². The summed E-state index contributed by atoms with van der Waals surface area (Å²) in [6.45, 7) is 6.02. The minimum absolute atomic E-state index is 0.422. The smallest absolute Gasteiger partial charge is 0.195 e. The molecule has 0 amide bonds. The molecular weight excluding hydrogens is 248 g/mol. The number of sulfone groups is 1. The van der Waals surface area contributed by atoms with Crippen molar-refractivity contribution >= 4 is 9.84 Å². The molecule has 1 atom stereocenters. The Bertz CT molecular complexity index is 540. The normalized spacial score (nSPS) is 22.1. The number of aryl methyl sites for hydroxylation is 2. The highest BCUT2D eigenvalue weighted by atomic mass is 32.2. The summed E-state index contributed by atoms with van der Waals surface area (Å²) in [6, 6.07) is 5.35. The van der Waals surface area contributed by atoms with Gasteiger partial charge in [0.05, 0.1) is 4.90 Å². The Hall–Kier alpha value is -0.910. The molecule has 0 aromatic heterocycles. The van der Waals surface area contributed by atoms with Crippen LogP contribution in [0.4, 0.5) is 0 Å². The summed E-state index contributed by atoms with van der Waals surface area (Å²) in [5.41, 5.74) is 2.13. The van der Waals surface area contributed by atoms with Crippen LogP contribution in [0.5, 0.6) is 0 Å². The molecule has 4 nitrogen and oxygen atoms in total. The molecule has 2 rings (SSSR count). The Morgan fingerprint density at radius 3 is 2.61 bits per heavy atom. The van der Waals surface area contributed by atoms with Gasteiger partial charge in [-0.3, -0.25) is 4.90 Å². The Morgan fingerprint density at radius 1 is 1.28 bits per heavy atom. The van der Waals surface area contributed by atoms with Gasteiger partial charge in [-0.15, -0.1) is 0 Å². The lowest BCUT2D eigenvalue weighted by Gasteiger charge is -2.32. The molecule has 1 aromatic rings. The van der Waals surface area contributed by atoms with Crippen LogP contribution >= 0.6 is 0 Å². The fourth-order valence-corrected chi connectivity index (χ4v) is 4.00. The third-order valence-corrected chi connectivity index (χ3v) is 5.77. The van der Waals surface area contributed by atoms with Gasteiger partial charge in [0, 0.05) is 19.6 Å². The van der Waals surface area contributed by atoms with Crippen molar-refractivity contribution in [3.8, 4) is 0 Å². The monoisotopic (exact) mass is 268 g/mol. The van der Waals surface area contributed by atoms with Crippen LogP contribution < -0.4 is 5.32 Å². The van der Waals surface area contributed by atoms with Gasteiger partial charge in [0.25, 0.3) is 0 Å². The maximum Gasteiger partial charge on any atom is 0.195 e. The van der Waals surface area contributed by atoms with Crippen molar-refractivity contribution in [2.45, 2.75) is 24.1 Å². The molecule has 1 fully saturated rings. The van der Waals surface area contributed by atoms with Gasteiger partial charge in [-0.05, 0) is 44.2 Å². The van der Waals surface area contributed by atoms with Crippen LogP contribution in [0.3, 0.4) is 0 Å². The summed E-state index contributed by atoms with van der Waals surface area (Å²) >= 11 is 0. The molecule has 1 saturated heterocycles. The zero-order valence-corrected chi connectivity index (χ0v) is 11.9. The summed E-state index contributed by atoms with van der Waals surface area (Å²) in [5, 5.41) is 2.68. The molecule has 1 aliphatic heterocycles. The molecule has 0 spiro atoms. The van der Waals surface area contributed by atoms with Crippen molar-refractivity contribution in [2.24, 2.45) is 0 Å². The fraction of sp³-hybridized carbons (Fsp3) is 0.538. The first-order valence-corrected chi connectivity index (χ1v) is 7.69. The van der Waals surface area contributed by atoms with E-state index in [0.29, 0.717) is 11.4 Å². The molecule has 0 saturated carbocycles. The van der Waals surface area contributed by atoms with Gasteiger partial charge in [-0.2, -0.15) is 0 Å². The van der Waals surface area contributed by atoms with Crippen molar-refractivity contribution in [3.63, 3.8) is 0 Å². The van der Waals surface area contributed by atoms with Gasteiger partial charge >= 0.3 is 0 Å². The first-order valence-electron chi connectivity index (χ1n) is 6.15. The van der Waals surface area contributed by atoms with Crippen LogP contribution in [0.2, 0.25) is 0 Å². The van der Waals surface area contributed by atoms with E-state index in [1.165, 1.54) is 0 Å². The average molecular weight is 268 g/mol. The van der Waals surface area contributed by atoms with Gasteiger partial charge in [0.1, 0.15) is 5.37 Å². The minimum atomic E-state index is -3.29. The molecule has 5 heteroatoms. The van der Waals surface area contributed by atoms with E-state index in [9.17, 15) is 8.42 Å². The van der Waals surface area contributed by atoms with Gasteiger partial charge in [0.15, 0.2) is 9.84 Å². The fourth-order valence-electron chi connectivity index (χ4n) is 2.18. The van der Waals surface area contributed by atoms with Gasteiger partial charge in [0.2, 0.25) is 0 Å². The molecule has 1 N–H and O–H groups in total. The molecule has 0 aliphatic carbocycles. The van der Waals surface area contributed by atoms with Crippen LogP contribution in [0.15, 0.2) is 23.1 Å². The number of rotatable bonds is 2. The third-order valence-electron chi connectivity index (χ3n) is 3.62. The van der Waals surface area contributed by atoms with Crippen LogP contribution in [-0.2, 0) is 9.84 Å². The summed E-state index contributed by atoms with van der Waals surface area (Å²) in [6.07, 6.45) is 0. The Labute approximate surface area is 109 Å². The summed E-state index contributed by atoms with van der Waals surface area (Å²) in [5.74, 6) is 0. The molecule has 18 heavy (non-hydrogen) atoms. The van der Waals surface area contributed by atoms with E-state index in [4.69, 9.17) is 0 Å². The number of likely N-dealkylation sites (N-methyl/N-ethyl adjacent to an activating group) is 1. The van der Waals surface area contributed by atoms with Crippen molar-refractivity contribution in [1.29, 1.82) is 0 Å². The highest BCUT2D eigenvalue weighted by Crippen LogP contribution is 2.21. The first-order chi connectivity index (χ1) is 8.43. The number of nitrogens with zero attached hydrogens (tertiary/aromatic N) is 1. The van der Waals surface area contributed by atoms with Crippen LogP contribution in [-0.4, -0.2) is 45.4 Å². The topological polar surface area (TPSA) is 49.4 Å². The Morgan fingerprint density at radius 2 is 2.00 bits per heavy atom. The molecule has 1 heterocycles. The van der Waals surface area contributed by atoms with Gasteiger partial charge in [-0.1, -0.05) is 6.07 Å². The van der Waals surface area contributed by atoms with Crippen molar-refractivity contribution in [3.05, 3.63) is 29.3 Å². The average Bonchev–Trinajstić information content (AvgIpc) is 2.33. The second-order valence-corrected chi connectivity index (χ2v) is 7.04. The lowest BCUT2D eigenvalue weighted by Crippen LogP contribution is -2.52. The second kappa shape index (κ2) is 4.99. The second-order valence-electron chi connectivity index (χ2n) is 4.93. The van der Waals surface area contributed by atoms with E-state index >= 15 is 0 Å². The van der Waals surface area contributed by atoms with Crippen LogP contribution in [0.1, 0.15) is 11.1 Å². The van der Waals surface area contributed by atoms with Gasteiger partial charge < -0.3 is 5.32 Å². The van der Waals surface area contributed by atoms with E-state index in [2.05, 4.69) is 5.32 Å². The zero-order chi connectivity index (χ0) is 13.3. The standard InChI is InChI=1S/C13H20N2O2S/c1-10-4-5-12(8-11(10)2)18(16,17)13-9-14-6-7-15(13)3/h4-5,8,13-14H,6-7,9H2,1-3H3. The summed E-state index contributed by atoms with van der Waals surface area (Å²) in [7, 11) is -1.42. The SMILES string of the molecule is Cc1ccc(S(=O)(=O)C2CNCCN2C)cc1C. The summed E-state index contributed by atoms with van der Waals surface area (Å²) in [4.78, 5) is 2.33. The molecule has 100 valence electrons. The van der Waals surface area contributed by atoms with Crippen LogP contribution in [0, 0.1) is 13.8 Å². The largest absolute Gasteiger partial charge is 0.313 e. The highest BCUT2D eigenvalue weighted by molar-refractivity contribution is 7.92. The molecule has 1 aromatic carbocycles.